The van der Waals surface area contributed by atoms with Gasteiger partial charge in [0.05, 0.1) is 31.5 Å². The van der Waals surface area contributed by atoms with Crippen LogP contribution in [-0.4, -0.2) is 55.8 Å². The van der Waals surface area contributed by atoms with Gasteiger partial charge < -0.3 is 19.1 Å². The Balaban J connectivity index is 1.60. The predicted molar refractivity (Wildman–Crippen MR) is 111 cm³/mol. The number of pyridine rings is 1. The Morgan fingerprint density at radius 1 is 1.17 bits per heavy atom. The van der Waals surface area contributed by atoms with Crippen molar-refractivity contribution in [2.75, 3.05) is 40.0 Å². The summed E-state index contributed by atoms with van der Waals surface area (Å²) in [6.45, 7) is 4.21. The molecular weight excluding hydrogens is 387 g/mol. The van der Waals surface area contributed by atoms with Gasteiger partial charge in [0, 0.05) is 30.1 Å². The Kier molecular flexibility index (Phi) is 5.81. The van der Waals surface area contributed by atoms with Crippen LogP contribution in [0.5, 0.6) is 11.5 Å². The number of carbonyl (C=O) groups excluding carboxylic acids is 1. The highest BCUT2D eigenvalue weighted by Gasteiger charge is 2.17. The maximum atomic E-state index is 13.8. The topological polar surface area (TPSA) is 60.9 Å². The van der Waals surface area contributed by atoms with Crippen LogP contribution in [0.4, 0.5) is 4.39 Å². The fraction of sp³-hybridized carbons (Fsp3) is 0.304. The molecule has 0 N–H and O–H groups in total. The minimum Gasteiger partial charge on any atom is -0.496 e. The number of hydrogen-bond donors (Lipinski definition) is 0. The van der Waals surface area contributed by atoms with E-state index in [4.69, 9.17) is 19.2 Å². The summed E-state index contributed by atoms with van der Waals surface area (Å²) in [5.74, 6) is 0.676. The number of methoxy groups -OCH3 is 1. The van der Waals surface area contributed by atoms with Gasteiger partial charge in [-0.15, -0.1) is 0 Å². The van der Waals surface area contributed by atoms with Crippen LogP contribution >= 0.6 is 0 Å². The smallest absolute Gasteiger partial charge is 0.260 e. The molecule has 1 amide bonds. The third-order valence-corrected chi connectivity index (χ3v) is 5.15. The fourth-order valence-corrected chi connectivity index (χ4v) is 3.54. The van der Waals surface area contributed by atoms with Crippen LogP contribution in [0.15, 0.2) is 42.5 Å². The highest BCUT2D eigenvalue weighted by Crippen LogP contribution is 2.32. The van der Waals surface area contributed by atoms with Crippen LogP contribution in [-0.2, 0) is 9.53 Å². The van der Waals surface area contributed by atoms with Gasteiger partial charge >= 0.3 is 0 Å². The molecular formula is C23H23FN2O4. The van der Waals surface area contributed by atoms with Gasteiger partial charge in [0.2, 0.25) is 0 Å². The molecule has 2 heterocycles. The van der Waals surface area contributed by atoms with Crippen LogP contribution in [0.3, 0.4) is 0 Å². The average molecular weight is 410 g/mol. The number of fused-ring (bicyclic) bond motifs is 1. The van der Waals surface area contributed by atoms with E-state index in [0.29, 0.717) is 54.6 Å². The van der Waals surface area contributed by atoms with Crippen LogP contribution < -0.4 is 9.47 Å². The van der Waals surface area contributed by atoms with E-state index < -0.39 is 0 Å². The Bertz CT molecular complexity index is 1080. The number of ether oxygens (including phenoxy) is 3. The zero-order valence-corrected chi connectivity index (χ0v) is 17.0. The lowest BCUT2D eigenvalue weighted by Crippen LogP contribution is -2.42. The molecule has 3 aromatic rings. The number of nitrogens with zero attached hydrogens (tertiary/aromatic N) is 2. The van der Waals surface area contributed by atoms with E-state index in [-0.39, 0.29) is 18.3 Å². The minimum absolute atomic E-state index is 0.0398. The lowest BCUT2D eigenvalue weighted by Gasteiger charge is -2.26. The number of aromatic nitrogens is 1. The number of carbonyl (C=O) groups is 1. The van der Waals surface area contributed by atoms with Crippen molar-refractivity contribution in [3.8, 4) is 22.8 Å². The third-order valence-electron chi connectivity index (χ3n) is 5.15. The first kappa shape index (κ1) is 20.1. The minimum atomic E-state index is -0.357. The van der Waals surface area contributed by atoms with E-state index in [1.807, 2.05) is 25.1 Å². The van der Waals surface area contributed by atoms with Crippen molar-refractivity contribution in [2.45, 2.75) is 6.92 Å². The standard InChI is InChI=1S/C23H23FN2O4/c1-15-11-20(19-12-16(24)3-6-22(19)28-2)25-21-13-17(4-5-18(15)21)30-14-23(27)26-7-9-29-10-8-26/h3-6,11-13H,7-10,14H2,1-2H3. The first-order valence-corrected chi connectivity index (χ1v) is 9.79. The molecule has 1 aliphatic heterocycles. The number of hydrogen-bond acceptors (Lipinski definition) is 5. The maximum Gasteiger partial charge on any atom is 0.260 e. The van der Waals surface area contributed by atoms with E-state index in [1.165, 1.54) is 12.1 Å². The number of halogens is 1. The molecule has 0 spiro atoms. The summed E-state index contributed by atoms with van der Waals surface area (Å²) in [4.78, 5) is 18.7. The zero-order valence-electron chi connectivity index (χ0n) is 17.0. The number of amides is 1. The second-order valence-corrected chi connectivity index (χ2v) is 7.13. The number of benzene rings is 2. The van der Waals surface area contributed by atoms with Crippen molar-refractivity contribution >= 4 is 16.8 Å². The Labute approximate surface area is 174 Å². The highest BCUT2D eigenvalue weighted by molar-refractivity contribution is 5.87. The quantitative estimate of drug-likeness (QED) is 0.643. The second kappa shape index (κ2) is 8.67. The van der Waals surface area contributed by atoms with Crippen LogP contribution in [0.25, 0.3) is 22.2 Å². The Hall–Kier alpha value is -3.19. The molecule has 1 aliphatic rings. The lowest BCUT2D eigenvalue weighted by molar-refractivity contribution is -0.137. The number of morpholine rings is 1. The molecule has 6 nitrogen and oxygen atoms in total. The highest BCUT2D eigenvalue weighted by atomic mass is 19.1. The van der Waals surface area contributed by atoms with Crippen molar-refractivity contribution < 1.29 is 23.4 Å². The first-order chi connectivity index (χ1) is 14.5. The Morgan fingerprint density at radius 3 is 2.73 bits per heavy atom. The summed E-state index contributed by atoms with van der Waals surface area (Å²) in [6, 6.07) is 11.8. The molecule has 156 valence electrons. The molecule has 1 saturated heterocycles. The summed E-state index contributed by atoms with van der Waals surface area (Å²) >= 11 is 0. The van der Waals surface area contributed by atoms with E-state index in [1.54, 1.807) is 24.1 Å². The molecule has 1 fully saturated rings. The van der Waals surface area contributed by atoms with Gasteiger partial charge in [-0.2, -0.15) is 0 Å². The average Bonchev–Trinajstić information content (AvgIpc) is 2.77. The molecule has 1 aromatic heterocycles. The van der Waals surface area contributed by atoms with E-state index in [0.717, 1.165) is 10.9 Å². The largest absolute Gasteiger partial charge is 0.496 e. The second-order valence-electron chi connectivity index (χ2n) is 7.13. The van der Waals surface area contributed by atoms with Crippen molar-refractivity contribution in [3.05, 3.63) is 53.8 Å². The molecule has 30 heavy (non-hydrogen) atoms. The predicted octanol–water partition coefficient (Wildman–Crippen LogP) is 3.60. The van der Waals surface area contributed by atoms with Crippen molar-refractivity contribution in [3.63, 3.8) is 0 Å². The monoisotopic (exact) mass is 410 g/mol. The van der Waals surface area contributed by atoms with Crippen LogP contribution in [0.1, 0.15) is 5.56 Å². The van der Waals surface area contributed by atoms with E-state index in [2.05, 4.69) is 0 Å². The summed E-state index contributed by atoms with van der Waals surface area (Å²) in [5, 5.41) is 0.959. The normalized spacial score (nSPS) is 14.0. The van der Waals surface area contributed by atoms with Gasteiger partial charge in [-0.1, -0.05) is 0 Å². The van der Waals surface area contributed by atoms with Crippen molar-refractivity contribution in [1.82, 2.24) is 9.88 Å². The van der Waals surface area contributed by atoms with Gasteiger partial charge in [-0.3, -0.25) is 4.79 Å². The van der Waals surface area contributed by atoms with E-state index >= 15 is 0 Å². The molecule has 0 saturated carbocycles. The molecule has 0 atom stereocenters. The van der Waals surface area contributed by atoms with Gasteiger partial charge in [0.25, 0.3) is 5.91 Å². The molecule has 2 aromatic carbocycles. The summed E-state index contributed by atoms with van der Waals surface area (Å²) in [5.41, 5.74) is 2.89. The molecule has 7 heteroatoms. The van der Waals surface area contributed by atoms with Gasteiger partial charge in [0.1, 0.15) is 17.3 Å². The Morgan fingerprint density at radius 2 is 1.97 bits per heavy atom. The lowest BCUT2D eigenvalue weighted by atomic mass is 10.0. The number of aryl methyl sites for hydroxylation is 1. The molecule has 0 radical (unpaired) electrons. The van der Waals surface area contributed by atoms with Gasteiger partial charge in [-0.25, -0.2) is 9.37 Å². The first-order valence-electron chi connectivity index (χ1n) is 9.79. The van der Waals surface area contributed by atoms with E-state index in [9.17, 15) is 9.18 Å². The van der Waals surface area contributed by atoms with Crippen molar-refractivity contribution in [2.24, 2.45) is 0 Å². The zero-order chi connectivity index (χ0) is 21.1. The third kappa shape index (κ3) is 4.21. The van der Waals surface area contributed by atoms with Crippen molar-refractivity contribution in [1.29, 1.82) is 0 Å². The fourth-order valence-electron chi connectivity index (χ4n) is 3.54. The van der Waals surface area contributed by atoms with Crippen LogP contribution in [0, 0.1) is 12.7 Å². The molecule has 0 aliphatic carbocycles. The number of rotatable bonds is 5. The summed E-state index contributed by atoms with van der Waals surface area (Å²) in [6.07, 6.45) is 0. The summed E-state index contributed by atoms with van der Waals surface area (Å²) < 4.78 is 30.2. The molecule has 0 bridgehead atoms. The molecule has 4 rings (SSSR count). The van der Waals surface area contributed by atoms with Crippen LogP contribution in [0.2, 0.25) is 0 Å². The van der Waals surface area contributed by atoms with Gasteiger partial charge in [-0.05, 0) is 48.9 Å². The molecule has 0 unspecified atom stereocenters. The van der Waals surface area contributed by atoms with Gasteiger partial charge in [0.15, 0.2) is 6.61 Å². The summed E-state index contributed by atoms with van der Waals surface area (Å²) in [7, 11) is 1.54. The maximum absolute atomic E-state index is 13.8. The SMILES string of the molecule is COc1ccc(F)cc1-c1cc(C)c2ccc(OCC(=O)N3CCOCC3)cc2n1.